The number of aromatic nitrogens is 3. The third-order valence-corrected chi connectivity index (χ3v) is 6.41. The lowest BCUT2D eigenvalue weighted by atomic mass is 10.0. The van der Waals surface area contributed by atoms with Crippen molar-refractivity contribution >= 4 is 28.2 Å². The van der Waals surface area contributed by atoms with Crippen LogP contribution in [0.1, 0.15) is 16.8 Å². The maximum atomic E-state index is 13.2. The number of pyridine rings is 1. The van der Waals surface area contributed by atoms with Crippen LogP contribution in [0, 0.1) is 0 Å². The zero-order chi connectivity index (χ0) is 25.8. The summed E-state index contributed by atoms with van der Waals surface area (Å²) in [6, 6.07) is 17.0. The average Bonchev–Trinajstić information content (AvgIpc) is 2.90. The van der Waals surface area contributed by atoms with Crippen LogP contribution in [-0.2, 0) is 17.4 Å². The van der Waals surface area contributed by atoms with Gasteiger partial charge in [0.05, 0.1) is 23.5 Å². The summed E-state index contributed by atoms with van der Waals surface area (Å²) in [5.41, 5.74) is 0.908. The molecule has 5 rings (SSSR count). The molecule has 0 spiro atoms. The number of benzene rings is 2. The van der Waals surface area contributed by atoms with Gasteiger partial charge < -0.3 is 10.2 Å². The number of carbonyl (C=O) groups excluding carboxylic acids is 1. The van der Waals surface area contributed by atoms with Crippen LogP contribution >= 0.6 is 0 Å². The van der Waals surface area contributed by atoms with Gasteiger partial charge in [-0.25, -0.2) is 0 Å². The first-order valence-corrected chi connectivity index (χ1v) is 11.9. The zero-order valence-electron chi connectivity index (χ0n) is 19.9. The molecule has 37 heavy (non-hydrogen) atoms. The predicted molar refractivity (Wildman–Crippen MR) is 135 cm³/mol. The Bertz CT molecular complexity index is 1390. The SMILES string of the molecule is O=C(CN1CCN(c2nnc(Cc3ccncc3)c3ccccc23)CC1)Nc1ccccc1C(F)(F)F. The van der Waals surface area contributed by atoms with E-state index in [1.54, 1.807) is 12.4 Å². The summed E-state index contributed by atoms with van der Waals surface area (Å²) in [6.45, 7) is 2.40. The summed E-state index contributed by atoms with van der Waals surface area (Å²) in [5.74, 6) is 0.313. The largest absolute Gasteiger partial charge is 0.418 e. The highest BCUT2D eigenvalue weighted by Gasteiger charge is 2.33. The smallest absolute Gasteiger partial charge is 0.352 e. The van der Waals surface area contributed by atoms with Crippen LogP contribution in [0.2, 0.25) is 0 Å². The molecule has 0 atom stereocenters. The van der Waals surface area contributed by atoms with E-state index in [9.17, 15) is 18.0 Å². The molecule has 1 N–H and O–H groups in total. The molecule has 4 aromatic rings. The minimum Gasteiger partial charge on any atom is -0.352 e. The first-order valence-electron chi connectivity index (χ1n) is 11.9. The Hall–Kier alpha value is -4.05. The Kier molecular flexibility index (Phi) is 7.00. The van der Waals surface area contributed by atoms with Crippen LogP contribution in [0.5, 0.6) is 0 Å². The summed E-state index contributed by atoms with van der Waals surface area (Å²) >= 11 is 0. The van der Waals surface area contributed by atoms with E-state index in [1.807, 2.05) is 41.3 Å². The second kappa shape index (κ2) is 10.5. The van der Waals surface area contributed by atoms with E-state index in [0.717, 1.165) is 33.9 Å². The van der Waals surface area contributed by atoms with Crippen LogP contribution in [-0.4, -0.2) is 58.7 Å². The molecule has 0 unspecified atom stereocenters. The lowest BCUT2D eigenvalue weighted by molar-refractivity contribution is -0.137. The van der Waals surface area contributed by atoms with Crippen molar-refractivity contribution in [3.05, 3.63) is 89.9 Å². The predicted octanol–water partition coefficient (Wildman–Crippen LogP) is 4.40. The Labute approximate surface area is 211 Å². The molecule has 1 amide bonds. The van der Waals surface area contributed by atoms with Crippen LogP contribution in [0.4, 0.5) is 24.7 Å². The lowest BCUT2D eigenvalue weighted by Gasteiger charge is -2.35. The molecule has 2 aromatic heterocycles. The van der Waals surface area contributed by atoms with E-state index in [2.05, 4.69) is 25.4 Å². The summed E-state index contributed by atoms with van der Waals surface area (Å²) in [6.07, 6.45) is -0.369. The number of nitrogens with one attached hydrogen (secondary N) is 1. The molecule has 0 radical (unpaired) electrons. The van der Waals surface area contributed by atoms with E-state index in [-0.39, 0.29) is 12.2 Å². The van der Waals surface area contributed by atoms with Crippen molar-refractivity contribution in [3.63, 3.8) is 0 Å². The van der Waals surface area contributed by atoms with Crippen LogP contribution < -0.4 is 10.2 Å². The van der Waals surface area contributed by atoms with Gasteiger partial charge >= 0.3 is 6.18 Å². The number of carbonyl (C=O) groups is 1. The monoisotopic (exact) mass is 506 g/mol. The van der Waals surface area contributed by atoms with Crippen molar-refractivity contribution in [2.45, 2.75) is 12.6 Å². The van der Waals surface area contributed by atoms with Crippen molar-refractivity contribution in [3.8, 4) is 0 Å². The summed E-state index contributed by atoms with van der Waals surface area (Å²) in [4.78, 5) is 20.6. The third kappa shape index (κ3) is 5.69. The van der Waals surface area contributed by atoms with Gasteiger partial charge in [0.25, 0.3) is 0 Å². The molecule has 3 heterocycles. The van der Waals surface area contributed by atoms with Gasteiger partial charge in [-0.3, -0.25) is 14.7 Å². The highest BCUT2D eigenvalue weighted by atomic mass is 19.4. The number of halogens is 3. The van der Waals surface area contributed by atoms with E-state index in [4.69, 9.17) is 0 Å². The van der Waals surface area contributed by atoms with Gasteiger partial charge in [0.2, 0.25) is 5.91 Å². The summed E-state index contributed by atoms with van der Waals surface area (Å²) in [7, 11) is 0. The molecule has 0 saturated carbocycles. The molecular formula is C27H25F3N6O. The number of para-hydroxylation sites is 1. The lowest BCUT2D eigenvalue weighted by Crippen LogP contribution is -2.49. The standard InChI is InChI=1S/C27H25F3N6O/c28-27(29,30)22-7-3-4-8-23(22)32-25(37)18-35-13-15-36(16-14-35)26-21-6-2-1-5-20(21)24(33-34-26)17-19-9-11-31-12-10-19/h1-12H,13-18H2,(H,32,37). The molecule has 0 bridgehead atoms. The first-order chi connectivity index (χ1) is 17.9. The molecule has 1 aliphatic rings. The minimum absolute atomic E-state index is 0.0112. The summed E-state index contributed by atoms with van der Waals surface area (Å²) < 4.78 is 39.7. The zero-order valence-corrected chi connectivity index (χ0v) is 19.9. The number of rotatable bonds is 6. The molecule has 1 fully saturated rings. The maximum Gasteiger partial charge on any atom is 0.418 e. The van der Waals surface area contributed by atoms with E-state index in [0.29, 0.717) is 32.6 Å². The van der Waals surface area contributed by atoms with E-state index in [1.165, 1.54) is 18.2 Å². The van der Waals surface area contributed by atoms with Crippen LogP contribution in [0.3, 0.4) is 0 Å². The number of fused-ring (bicyclic) bond motifs is 1. The average molecular weight is 507 g/mol. The highest BCUT2D eigenvalue weighted by Crippen LogP contribution is 2.34. The number of piperazine rings is 1. The number of hydrogen-bond acceptors (Lipinski definition) is 6. The van der Waals surface area contributed by atoms with Crippen LogP contribution in [0.25, 0.3) is 10.8 Å². The normalized spacial score (nSPS) is 14.6. The molecule has 7 nitrogen and oxygen atoms in total. The van der Waals surface area contributed by atoms with Crippen LogP contribution in [0.15, 0.2) is 73.1 Å². The Morgan fingerprint density at radius 1 is 0.865 bits per heavy atom. The Morgan fingerprint density at radius 2 is 1.54 bits per heavy atom. The molecular weight excluding hydrogens is 481 g/mol. The van der Waals surface area contributed by atoms with Gasteiger partial charge in [0.15, 0.2) is 5.82 Å². The number of amides is 1. The fourth-order valence-corrected chi connectivity index (χ4v) is 4.55. The first kappa shape index (κ1) is 24.6. The maximum absolute atomic E-state index is 13.2. The number of anilines is 2. The molecule has 2 aromatic carbocycles. The minimum atomic E-state index is -4.53. The molecule has 0 aliphatic carbocycles. The van der Waals surface area contributed by atoms with Gasteiger partial charge in [0.1, 0.15) is 0 Å². The van der Waals surface area contributed by atoms with Gasteiger partial charge in [-0.15, -0.1) is 5.10 Å². The number of hydrogen-bond donors (Lipinski definition) is 1. The number of nitrogens with zero attached hydrogens (tertiary/aromatic N) is 5. The second-order valence-corrected chi connectivity index (χ2v) is 8.90. The van der Waals surface area contributed by atoms with Crippen molar-refractivity contribution in [2.75, 3.05) is 42.9 Å². The van der Waals surface area contributed by atoms with Crippen molar-refractivity contribution in [2.24, 2.45) is 0 Å². The van der Waals surface area contributed by atoms with Gasteiger partial charge in [0, 0.05) is 55.8 Å². The summed E-state index contributed by atoms with van der Waals surface area (Å²) in [5, 5.41) is 13.6. The third-order valence-electron chi connectivity index (χ3n) is 6.41. The van der Waals surface area contributed by atoms with E-state index >= 15 is 0 Å². The number of alkyl halides is 3. The van der Waals surface area contributed by atoms with Gasteiger partial charge in [-0.05, 0) is 29.8 Å². The van der Waals surface area contributed by atoms with Crippen molar-refractivity contribution in [1.29, 1.82) is 0 Å². The van der Waals surface area contributed by atoms with Crippen molar-refractivity contribution in [1.82, 2.24) is 20.1 Å². The molecule has 190 valence electrons. The molecule has 10 heteroatoms. The Balaban J connectivity index is 1.24. The fourth-order valence-electron chi connectivity index (χ4n) is 4.55. The molecule has 1 aliphatic heterocycles. The molecule has 1 saturated heterocycles. The quantitative estimate of drug-likeness (QED) is 0.418. The highest BCUT2D eigenvalue weighted by molar-refractivity contribution is 5.94. The van der Waals surface area contributed by atoms with E-state index < -0.39 is 17.6 Å². The Morgan fingerprint density at radius 3 is 2.27 bits per heavy atom. The fraction of sp³-hybridized carbons (Fsp3) is 0.259. The van der Waals surface area contributed by atoms with Gasteiger partial charge in [-0.2, -0.15) is 18.3 Å². The topological polar surface area (TPSA) is 74.2 Å². The van der Waals surface area contributed by atoms with Crippen molar-refractivity contribution < 1.29 is 18.0 Å². The second-order valence-electron chi connectivity index (χ2n) is 8.90. The van der Waals surface area contributed by atoms with Gasteiger partial charge in [-0.1, -0.05) is 36.4 Å².